The lowest BCUT2D eigenvalue weighted by atomic mass is 10.1. The number of fused-ring (bicyclic) bond motifs is 1. The minimum Gasteiger partial charge on any atom is -0.497 e. The van der Waals surface area contributed by atoms with Gasteiger partial charge in [0.2, 0.25) is 5.95 Å². The quantitative estimate of drug-likeness (QED) is 0.711. The van der Waals surface area contributed by atoms with Crippen LogP contribution in [0, 0.1) is 0 Å². The van der Waals surface area contributed by atoms with Crippen molar-refractivity contribution in [3.05, 3.63) is 36.5 Å². The molecule has 0 unspecified atom stereocenters. The average Bonchev–Trinajstić information content (AvgIpc) is 3.08. The molecule has 0 aliphatic rings. The number of nitrogens with zero attached hydrogens (tertiary/aromatic N) is 3. The first-order chi connectivity index (χ1) is 12.4. The Hall–Kier alpha value is -2.97. The normalized spacial score (nSPS) is 11.6. The number of methoxy groups -OCH3 is 1. The van der Waals surface area contributed by atoms with Crippen LogP contribution in [0.1, 0.15) is 13.3 Å². The smallest absolute Gasteiger partial charge is 0.497 e. The van der Waals surface area contributed by atoms with Crippen LogP contribution < -0.4 is 14.8 Å². The Bertz CT molecular complexity index is 909. The largest absolute Gasteiger partial charge is 0.573 e. The average molecular weight is 366 g/mol. The Morgan fingerprint density at radius 2 is 2.00 bits per heavy atom. The fraction of sp³-hybridized carbons (Fsp3) is 0.294. The number of alkyl halides is 3. The second-order valence-corrected chi connectivity index (χ2v) is 5.47. The molecule has 3 rings (SSSR count). The molecule has 1 N–H and O–H groups in total. The van der Waals surface area contributed by atoms with Gasteiger partial charge < -0.3 is 14.8 Å². The molecule has 2 heterocycles. The van der Waals surface area contributed by atoms with Crippen LogP contribution in [0.25, 0.3) is 16.8 Å². The molecule has 9 heteroatoms. The van der Waals surface area contributed by atoms with Crippen molar-refractivity contribution in [1.29, 1.82) is 0 Å². The van der Waals surface area contributed by atoms with Crippen LogP contribution in [0.4, 0.5) is 19.1 Å². The molecular formula is C17H17F3N4O2. The molecule has 1 aromatic carbocycles. The van der Waals surface area contributed by atoms with E-state index in [1.165, 1.54) is 19.2 Å². The van der Waals surface area contributed by atoms with Crippen LogP contribution in [0.5, 0.6) is 11.5 Å². The molecule has 0 aliphatic carbocycles. The number of aromatic nitrogens is 3. The number of ether oxygens (including phenoxy) is 2. The van der Waals surface area contributed by atoms with Crippen LogP contribution in [0.2, 0.25) is 0 Å². The number of hydrogen-bond acceptors (Lipinski definition) is 5. The first kappa shape index (κ1) is 17.8. The van der Waals surface area contributed by atoms with Crippen molar-refractivity contribution in [2.24, 2.45) is 0 Å². The van der Waals surface area contributed by atoms with E-state index in [-0.39, 0.29) is 17.0 Å². The summed E-state index contributed by atoms with van der Waals surface area (Å²) in [5, 5.41) is 11.4. The summed E-state index contributed by atoms with van der Waals surface area (Å²) in [4.78, 5) is 0. The molecule has 0 amide bonds. The molecule has 0 saturated carbocycles. The van der Waals surface area contributed by atoms with Gasteiger partial charge in [0, 0.05) is 24.4 Å². The maximum Gasteiger partial charge on any atom is 0.573 e. The second kappa shape index (κ2) is 7.11. The fourth-order valence-electron chi connectivity index (χ4n) is 2.54. The van der Waals surface area contributed by atoms with E-state index in [1.807, 2.05) is 6.92 Å². The topological polar surface area (TPSA) is 60.7 Å². The maximum absolute atomic E-state index is 12.8. The summed E-state index contributed by atoms with van der Waals surface area (Å²) in [6.45, 7) is 2.71. The molecule has 0 aliphatic heterocycles. The Kier molecular flexibility index (Phi) is 4.88. The van der Waals surface area contributed by atoms with Crippen molar-refractivity contribution >= 4 is 11.5 Å². The number of nitrogens with one attached hydrogen (secondary N) is 1. The van der Waals surface area contributed by atoms with Crippen LogP contribution in [0.15, 0.2) is 36.5 Å². The molecular weight excluding hydrogens is 349 g/mol. The van der Waals surface area contributed by atoms with Gasteiger partial charge in [-0.15, -0.1) is 23.4 Å². The predicted molar refractivity (Wildman–Crippen MR) is 90.4 cm³/mol. The number of benzene rings is 1. The molecule has 0 radical (unpaired) electrons. The van der Waals surface area contributed by atoms with E-state index in [2.05, 4.69) is 20.3 Å². The molecule has 0 spiro atoms. The third-order valence-corrected chi connectivity index (χ3v) is 3.67. The lowest BCUT2D eigenvalue weighted by Crippen LogP contribution is -2.18. The highest BCUT2D eigenvalue weighted by Gasteiger charge is 2.33. The number of rotatable bonds is 6. The highest BCUT2D eigenvalue weighted by molar-refractivity contribution is 5.81. The van der Waals surface area contributed by atoms with Crippen molar-refractivity contribution in [3.8, 4) is 22.8 Å². The molecule has 2 aromatic heterocycles. The van der Waals surface area contributed by atoms with Crippen LogP contribution in [-0.2, 0) is 0 Å². The van der Waals surface area contributed by atoms with E-state index >= 15 is 0 Å². The highest BCUT2D eigenvalue weighted by Crippen LogP contribution is 2.37. The third kappa shape index (κ3) is 3.66. The second-order valence-electron chi connectivity index (χ2n) is 5.47. The molecule has 0 bridgehead atoms. The monoisotopic (exact) mass is 366 g/mol. The minimum absolute atomic E-state index is 0.168. The molecule has 6 nitrogen and oxygen atoms in total. The standard InChI is InChI=1S/C17H17F3N4O2/c1-3-8-21-16-23-22-15(13-5-4-9-24(13)16)12-7-6-11(25-2)10-14(12)26-17(18,19)20/h4-7,9-10H,3,8H2,1-2H3,(H,21,23). The summed E-state index contributed by atoms with van der Waals surface area (Å²) in [5.41, 5.74) is 1.05. The third-order valence-electron chi connectivity index (χ3n) is 3.67. The zero-order valence-corrected chi connectivity index (χ0v) is 14.2. The van der Waals surface area contributed by atoms with Crippen molar-refractivity contribution in [2.45, 2.75) is 19.7 Å². The van der Waals surface area contributed by atoms with Gasteiger partial charge in [-0.05, 0) is 30.7 Å². The summed E-state index contributed by atoms with van der Waals surface area (Å²) in [6, 6.07) is 7.71. The van der Waals surface area contributed by atoms with Crippen molar-refractivity contribution in [2.75, 3.05) is 19.0 Å². The van der Waals surface area contributed by atoms with Crippen LogP contribution in [0.3, 0.4) is 0 Å². The molecule has 0 atom stereocenters. The van der Waals surface area contributed by atoms with E-state index in [0.29, 0.717) is 18.0 Å². The van der Waals surface area contributed by atoms with Gasteiger partial charge in [-0.3, -0.25) is 4.40 Å². The van der Waals surface area contributed by atoms with Gasteiger partial charge in [0.25, 0.3) is 0 Å². The molecule has 138 valence electrons. The SMILES string of the molecule is CCCNc1nnc(-c2ccc(OC)cc2OC(F)(F)F)c2cccn12. The number of anilines is 1. The minimum atomic E-state index is -4.84. The number of halogens is 3. The Balaban J connectivity index is 2.13. The maximum atomic E-state index is 12.8. The van der Waals surface area contributed by atoms with Gasteiger partial charge in [-0.1, -0.05) is 6.92 Å². The summed E-state index contributed by atoms with van der Waals surface area (Å²) in [6.07, 6.45) is -2.18. The Morgan fingerprint density at radius 1 is 1.19 bits per heavy atom. The van der Waals surface area contributed by atoms with Gasteiger partial charge in [0.05, 0.1) is 12.6 Å². The molecule has 0 saturated heterocycles. The van der Waals surface area contributed by atoms with E-state index < -0.39 is 12.1 Å². The van der Waals surface area contributed by atoms with Gasteiger partial charge in [0.15, 0.2) is 0 Å². The summed E-state index contributed by atoms with van der Waals surface area (Å²) >= 11 is 0. The molecule has 0 fully saturated rings. The zero-order chi connectivity index (χ0) is 18.7. The van der Waals surface area contributed by atoms with Crippen molar-refractivity contribution in [3.63, 3.8) is 0 Å². The van der Waals surface area contributed by atoms with E-state index in [1.54, 1.807) is 28.8 Å². The van der Waals surface area contributed by atoms with Gasteiger partial charge in [-0.25, -0.2) is 0 Å². The van der Waals surface area contributed by atoms with Gasteiger partial charge in [-0.2, -0.15) is 0 Å². The first-order valence-corrected chi connectivity index (χ1v) is 7.94. The Morgan fingerprint density at radius 3 is 2.69 bits per heavy atom. The summed E-state index contributed by atoms with van der Waals surface area (Å²) in [7, 11) is 1.37. The number of hydrogen-bond donors (Lipinski definition) is 1. The van der Waals surface area contributed by atoms with Crippen molar-refractivity contribution in [1.82, 2.24) is 14.6 Å². The lowest BCUT2D eigenvalue weighted by Gasteiger charge is -2.15. The highest BCUT2D eigenvalue weighted by atomic mass is 19.4. The zero-order valence-electron chi connectivity index (χ0n) is 14.2. The lowest BCUT2D eigenvalue weighted by molar-refractivity contribution is -0.274. The molecule has 3 aromatic rings. The van der Waals surface area contributed by atoms with E-state index in [0.717, 1.165) is 6.42 Å². The van der Waals surface area contributed by atoms with Crippen LogP contribution in [-0.4, -0.2) is 34.6 Å². The Labute approximate surface area is 147 Å². The van der Waals surface area contributed by atoms with E-state index in [4.69, 9.17) is 4.74 Å². The van der Waals surface area contributed by atoms with Crippen LogP contribution >= 0.6 is 0 Å². The first-order valence-electron chi connectivity index (χ1n) is 7.94. The summed E-state index contributed by atoms with van der Waals surface area (Å²) in [5.74, 6) is 0.361. The van der Waals surface area contributed by atoms with E-state index in [9.17, 15) is 13.2 Å². The fourth-order valence-corrected chi connectivity index (χ4v) is 2.54. The van der Waals surface area contributed by atoms with Gasteiger partial charge in [0.1, 0.15) is 17.2 Å². The van der Waals surface area contributed by atoms with Crippen molar-refractivity contribution < 1.29 is 22.6 Å². The predicted octanol–water partition coefficient (Wildman–Crippen LogP) is 4.13. The molecule has 26 heavy (non-hydrogen) atoms. The summed E-state index contributed by atoms with van der Waals surface area (Å²) < 4.78 is 49.4. The van der Waals surface area contributed by atoms with Gasteiger partial charge >= 0.3 is 6.36 Å².